The highest BCUT2D eigenvalue weighted by Gasteiger charge is 2.25. The normalized spacial score (nSPS) is 14.1. The molecule has 3 heterocycles. The number of pyridine rings is 1. The van der Waals surface area contributed by atoms with E-state index in [1.54, 1.807) is 6.33 Å². The van der Waals surface area contributed by atoms with E-state index < -0.39 is 0 Å². The predicted octanol–water partition coefficient (Wildman–Crippen LogP) is 2.95. The van der Waals surface area contributed by atoms with E-state index in [-0.39, 0.29) is 0 Å². The van der Waals surface area contributed by atoms with Crippen molar-refractivity contribution in [3.05, 3.63) is 42.4 Å². The lowest BCUT2D eigenvalue weighted by Gasteiger charge is -2.08. The van der Waals surface area contributed by atoms with Crippen LogP contribution >= 0.6 is 0 Å². The summed E-state index contributed by atoms with van der Waals surface area (Å²) in [6.45, 7) is 2.06. The average Bonchev–Trinajstić information content (AvgIpc) is 3.29. The van der Waals surface area contributed by atoms with Crippen LogP contribution in [-0.2, 0) is 0 Å². The molecule has 124 valence electrons. The third kappa shape index (κ3) is 2.63. The maximum Gasteiger partial charge on any atom is 0.307 e. The number of hydrogen-bond acceptors (Lipinski definition) is 5. The Kier molecular flexibility index (Phi) is 3.06. The Balaban J connectivity index is 1.55. The van der Waals surface area contributed by atoms with Gasteiger partial charge in [-0.05, 0) is 43.5 Å². The second-order valence-electron chi connectivity index (χ2n) is 6.46. The maximum atomic E-state index is 4.66. The van der Waals surface area contributed by atoms with E-state index in [9.17, 15) is 0 Å². The molecule has 0 bridgehead atoms. The first-order chi connectivity index (χ1) is 12.3. The topological polar surface area (TPSA) is 92.7 Å². The van der Waals surface area contributed by atoms with E-state index in [1.165, 1.54) is 12.8 Å². The Hall–Kier alpha value is -3.22. The number of H-pyrrole nitrogens is 2. The van der Waals surface area contributed by atoms with Crippen molar-refractivity contribution >= 4 is 39.5 Å². The van der Waals surface area contributed by atoms with Gasteiger partial charge in [-0.3, -0.25) is 9.97 Å². The number of aromatic amines is 2. The Labute approximate surface area is 143 Å². The number of nitrogens with one attached hydrogen (secondary N) is 4. The molecule has 25 heavy (non-hydrogen) atoms. The number of anilines is 3. The van der Waals surface area contributed by atoms with Gasteiger partial charge < -0.3 is 10.6 Å². The molecule has 0 atom stereocenters. The highest BCUT2D eigenvalue weighted by molar-refractivity contribution is 5.87. The lowest BCUT2D eigenvalue weighted by Crippen LogP contribution is -2.09. The molecule has 0 spiro atoms. The molecule has 1 fully saturated rings. The molecular formula is C18H18N7+. The van der Waals surface area contributed by atoms with E-state index in [2.05, 4.69) is 60.7 Å². The van der Waals surface area contributed by atoms with Gasteiger partial charge in [0.1, 0.15) is 0 Å². The van der Waals surface area contributed by atoms with Gasteiger partial charge in [0.2, 0.25) is 5.52 Å². The van der Waals surface area contributed by atoms with E-state index >= 15 is 0 Å². The molecule has 0 amide bonds. The molecule has 5 rings (SSSR count). The first kappa shape index (κ1) is 14.2. The number of hydrogen-bond donors (Lipinski definition) is 3. The van der Waals surface area contributed by atoms with Crippen molar-refractivity contribution in [2.75, 3.05) is 10.6 Å². The quantitative estimate of drug-likeness (QED) is 0.534. The highest BCUT2D eigenvalue weighted by Crippen LogP contribution is 2.28. The molecule has 4 N–H and O–H groups in total. The minimum atomic E-state index is 0.517. The standard InChI is InChI=1S/C18H17N7/c1-10-7-13(8-11-3-2-6-19-14(10)11)23-18-24-16-15(20-9-21-16)17(25-18)22-12-4-5-12/h2-3,6-9,12H,4-5H2,1H3,(H3,20,21,22,23,24,25)/p+1. The molecule has 1 aliphatic rings. The summed E-state index contributed by atoms with van der Waals surface area (Å²) >= 11 is 0. The fourth-order valence-corrected chi connectivity index (χ4v) is 3.04. The van der Waals surface area contributed by atoms with Gasteiger partial charge in [-0.2, -0.15) is 4.98 Å². The van der Waals surface area contributed by atoms with Crippen molar-refractivity contribution in [3.8, 4) is 0 Å². The van der Waals surface area contributed by atoms with E-state index in [1.807, 2.05) is 12.3 Å². The predicted molar refractivity (Wildman–Crippen MR) is 96.9 cm³/mol. The fraction of sp³-hybridized carbons (Fsp3) is 0.222. The Morgan fingerprint density at radius 3 is 3.04 bits per heavy atom. The van der Waals surface area contributed by atoms with Crippen molar-refractivity contribution < 1.29 is 4.98 Å². The Bertz CT molecular complexity index is 1080. The minimum Gasteiger partial charge on any atom is -0.364 e. The van der Waals surface area contributed by atoms with Gasteiger partial charge in [-0.25, -0.2) is 4.98 Å². The summed E-state index contributed by atoms with van der Waals surface area (Å²) in [4.78, 5) is 20.0. The minimum absolute atomic E-state index is 0.517. The summed E-state index contributed by atoms with van der Waals surface area (Å²) in [6.07, 6.45) is 5.97. The molecule has 0 radical (unpaired) electrons. The number of nitrogens with zero attached hydrogens (tertiary/aromatic N) is 3. The molecule has 0 unspecified atom stereocenters. The van der Waals surface area contributed by atoms with Crippen LogP contribution in [-0.4, -0.2) is 26.0 Å². The number of imidazole rings is 1. The maximum absolute atomic E-state index is 4.66. The molecular weight excluding hydrogens is 314 g/mol. The molecule has 1 aromatic carbocycles. The summed E-state index contributed by atoms with van der Waals surface area (Å²) in [5, 5.41) is 7.88. The smallest absolute Gasteiger partial charge is 0.307 e. The molecule has 3 aromatic heterocycles. The van der Waals surface area contributed by atoms with Crippen molar-refractivity contribution in [1.82, 2.24) is 19.9 Å². The first-order valence-electron chi connectivity index (χ1n) is 8.42. The Morgan fingerprint density at radius 2 is 2.16 bits per heavy atom. The van der Waals surface area contributed by atoms with Gasteiger partial charge in [-0.1, -0.05) is 11.1 Å². The lowest BCUT2D eigenvalue weighted by atomic mass is 10.1. The van der Waals surface area contributed by atoms with Gasteiger partial charge in [-0.15, -0.1) is 0 Å². The molecule has 1 saturated carbocycles. The zero-order valence-corrected chi connectivity index (χ0v) is 13.8. The van der Waals surface area contributed by atoms with E-state index in [0.29, 0.717) is 12.0 Å². The van der Waals surface area contributed by atoms with Crippen LogP contribution in [0.25, 0.3) is 22.1 Å². The highest BCUT2D eigenvalue weighted by atomic mass is 15.2. The SMILES string of the molecule is Cc1cc(Nc2nc(NC3CC3)c3[nH]c[nH+]c3n2)cc2cccnc12. The van der Waals surface area contributed by atoms with Crippen LogP contribution < -0.4 is 15.6 Å². The van der Waals surface area contributed by atoms with E-state index in [4.69, 9.17) is 0 Å². The zero-order valence-electron chi connectivity index (χ0n) is 13.8. The third-order valence-electron chi connectivity index (χ3n) is 4.40. The summed E-state index contributed by atoms with van der Waals surface area (Å²) in [5.74, 6) is 1.39. The number of aryl methyl sites for hydroxylation is 1. The molecule has 0 aliphatic heterocycles. The largest absolute Gasteiger partial charge is 0.364 e. The average molecular weight is 332 g/mol. The molecule has 7 heteroatoms. The molecule has 0 saturated heterocycles. The second-order valence-corrected chi connectivity index (χ2v) is 6.46. The Morgan fingerprint density at radius 1 is 1.24 bits per heavy atom. The third-order valence-corrected chi connectivity index (χ3v) is 4.40. The van der Waals surface area contributed by atoms with Crippen LogP contribution in [0.4, 0.5) is 17.5 Å². The number of benzene rings is 1. The lowest BCUT2D eigenvalue weighted by molar-refractivity contribution is -0.347. The monoisotopic (exact) mass is 332 g/mol. The van der Waals surface area contributed by atoms with E-state index in [0.717, 1.165) is 39.1 Å². The fourth-order valence-electron chi connectivity index (χ4n) is 3.04. The van der Waals surface area contributed by atoms with Crippen LogP contribution in [0.1, 0.15) is 18.4 Å². The molecule has 1 aliphatic carbocycles. The van der Waals surface area contributed by atoms with Gasteiger partial charge in [0.15, 0.2) is 12.1 Å². The molecule has 7 nitrogen and oxygen atoms in total. The summed E-state index contributed by atoms with van der Waals surface area (Å²) in [5.41, 5.74) is 4.76. The first-order valence-corrected chi connectivity index (χ1v) is 8.42. The number of rotatable bonds is 4. The van der Waals surface area contributed by atoms with Crippen LogP contribution in [0.5, 0.6) is 0 Å². The summed E-state index contributed by atoms with van der Waals surface area (Å²) in [6, 6.07) is 8.66. The van der Waals surface area contributed by atoms with Crippen molar-refractivity contribution in [2.45, 2.75) is 25.8 Å². The van der Waals surface area contributed by atoms with Crippen LogP contribution in [0, 0.1) is 6.92 Å². The van der Waals surface area contributed by atoms with Crippen LogP contribution in [0.3, 0.4) is 0 Å². The second kappa shape index (κ2) is 5.41. The summed E-state index contributed by atoms with van der Waals surface area (Å²) in [7, 11) is 0. The van der Waals surface area contributed by atoms with Gasteiger partial charge in [0.05, 0.1) is 5.52 Å². The zero-order chi connectivity index (χ0) is 16.8. The van der Waals surface area contributed by atoms with Crippen LogP contribution in [0.2, 0.25) is 0 Å². The number of fused-ring (bicyclic) bond motifs is 2. The van der Waals surface area contributed by atoms with Crippen molar-refractivity contribution in [3.63, 3.8) is 0 Å². The van der Waals surface area contributed by atoms with Gasteiger partial charge >= 0.3 is 11.6 Å². The van der Waals surface area contributed by atoms with Crippen molar-refractivity contribution in [2.24, 2.45) is 0 Å². The van der Waals surface area contributed by atoms with Crippen LogP contribution in [0.15, 0.2) is 36.8 Å². The van der Waals surface area contributed by atoms with Crippen molar-refractivity contribution in [1.29, 1.82) is 0 Å². The van der Waals surface area contributed by atoms with Gasteiger partial charge in [0, 0.05) is 23.3 Å². The summed E-state index contributed by atoms with van der Waals surface area (Å²) < 4.78 is 0. The number of aromatic nitrogens is 5. The van der Waals surface area contributed by atoms with Gasteiger partial charge in [0.25, 0.3) is 0 Å². The molecule has 4 aromatic rings.